The molecule has 8 N–H and O–H groups in total. The molecule has 132 valence electrons. The van der Waals surface area contributed by atoms with E-state index in [-0.39, 0.29) is 6.54 Å². The lowest BCUT2D eigenvalue weighted by Crippen LogP contribution is -2.14. The third-order valence-electron chi connectivity index (χ3n) is 3.19. The van der Waals surface area contributed by atoms with Crippen molar-refractivity contribution in [3.8, 4) is 11.6 Å². The first kappa shape index (κ1) is 19.7. The Morgan fingerprint density at radius 1 is 1.17 bits per heavy atom. The normalized spacial score (nSPS) is 10.9. The smallest absolute Gasteiger partial charge is 0.226 e. The Morgan fingerprint density at radius 2 is 1.75 bits per heavy atom. The van der Waals surface area contributed by atoms with Crippen LogP contribution in [0.15, 0.2) is 24.3 Å². The molecule has 0 aliphatic carbocycles. The lowest BCUT2D eigenvalue weighted by molar-refractivity contribution is 0.277. The van der Waals surface area contributed by atoms with Crippen LogP contribution in [0, 0.1) is 0 Å². The first-order chi connectivity index (χ1) is 11.5. The van der Waals surface area contributed by atoms with Crippen molar-refractivity contribution in [1.29, 1.82) is 0 Å². The average molecular weight is 333 g/mol. The predicted octanol–water partition coefficient (Wildman–Crippen LogP) is 1.63. The van der Waals surface area contributed by atoms with Gasteiger partial charge < -0.3 is 32.4 Å². The van der Waals surface area contributed by atoms with Crippen molar-refractivity contribution in [2.75, 3.05) is 32.2 Å². The van der Waals surface area contributed by atoms with Crippen molar-refractivity contribution >= 4 is 11.5 Å². The van der Waals surface area contributed by atoms with Crippen molar-refractivity contribution in [3.05, 3.63) is 41.0 Å². The molecule has 1 aromatic heterocycles. The summed E-state index contributed by atoms with van der Waals surface area (Å²) in [7, 11) is 3.25. The number of hydrogen-bond acceptors (Lipinski definition) is 7. The second-order valence-corrected chi connectivity index (χ2v) is 5.08. The summed E-state index contributed by atoms with van der Waals surface area (Å²) in [5.74, 6) is 1.63. The van der Waals surface area contributed by atoms with E-state index in [9.17, 15) is 0 Å². The maximum atomic E-state index is 6.09. The van der Waals surface area contributed by atoms with Gasteiger partial charge in [-0.2, -0.15) is 4.98 Å². The zero-order valence-electron chi connectivity index (χ0n) is 14.5. The number of pyridine rings is 1. The summed E-state index contributed by atoms with van der Waals surface area (Å²) < 4.78 is 9.98. The van der Waals surface area contributed by atoms with Gasteiger partial charge in [0.05, 0.1) is 0 Å². The Kier molecular flexibility index (Phi) is 7.97. The maximum absolute atomic E-state index is 6.09. The molecule has 7 nitrogen and oxygen atoms in total. The number of rotatable bonds is 1. The summed E-state index contributed by atoms with van der Waals surface area (Å²) in [6.45, 7) is 2.93. The maximum Gasteiger partial charge on any atom is 0.226 e. The van der Waals surface area contributed by atoms with Crippen LogP contribution in [0.2, 0.25) is 0 Å². The lowest BCUT2D eigenvalue weighted by atomic mass is 9.99. The standard InChI is InChI=1S/C13H14N4O.C2H7N.C2H6O/c14-6-9-11(15)8-5-7-3-1-2-4-10(7)18-13(8)17-12(9)16;1-2-3;1-3-2/h1-4H,5-6,14H2,(H4,15,16,17);2-3H2,1H3;1-2H3. The molecule has 0 saturated carbocycles. The number of para-hydroxylation sites is 1. The topological polar surface area (TPSA) is 135 Å². The summed E-state index contributed by atoms with van der Waals surface area (Å²) in [6, 6.07) is 7.81. The fourth-order valence-corrected chi connectivity index (χ4v) is 2.19. The van der Waals surface area contributed by atoms with Gasteiger partial charge in [0.1, 0.15) is 11.6 Å². The number of nitrogens with zero attached hydrogens (tertiary/aromatic N) is 1. The number of hydrogen-bond donors (Lipinski definition) is 4. The molecule has 3 rings (SSSR count). The van der Waals surface area contributed by atoms with E-state index in [0.29, 0.717) is 29.4 Å². The number of aromatic nitrogens is 1. The highest BCUT2D eigenvalue weighted by molar-refractivity contribution is 5.68. The first-order valence-electron chi connectivity index (χ1n) is 7.66. The fraction of sp³-hybridized carbons (Fsp3) is 0.353. The van der Waals surface area contributed by atoms with Gasteiger partial charge in [-0.3, -0.25) is 0 Å². The number of ether oxygens (including phenoxy) is 2. The second-order valence-electron chi connectivity index (χ2n) is 5.08. The molecule has 0 atom stereocenters. The largest absolute Gasteiger partial charge is 0.438 e. The van der Waals surface area contributed by atoms with Crippen LogP contribution in [-0.2, 0) is 17.7 Å². The second kappa shape index (κ2) is 9.71. The SMILES string of the molecule is CCN.COC.NCc1c(N)nc2c(c1N)Cc1ccccc1O2. The van der Waals surface area contributed by atoms with Crippen molar-refractivity contribution in [3.63, 3.8) is 0 Å². The van der Waals surface area contributed by atoms with E-state index in [0.717, 1.165) is 23.4 Å². The molecule has 1 aliphatic heterocycles. The summed E-state index contributed by atoms with van der Waals surface area (Å²) in [5.41, 5.74) is 25.6. The van der Waals surface area contributed by atoms with Gasteiger partial charge in [0, 0.05) is 44.0 Å². The average Bonchev–Trinajstić information content (AvgIpc) is 2.55. The molecule has 7 heteroatoms. The zero-order valence-corrected chi connectivity index (χ0v) is 14.5. The molecule has 1 aliphatic rings. The van der Waals surface area contributed by atoms with E-state index >= 15 is 0 Å². The lowest BCUT2D eigenvalue weighted by Gasteiger charge is -2.22. The number of methoxy groups -OCH3 is 1. The number of nitrogen functional groups attached to an aromatic ring is 2. The number of anilines is 2. The van der Waals surface area contributed by atoms with Crippen LogP contribution in [0.3, 0.4) is 0 Å². The Balaban J connectivity index is 0.000000423. The fourth-order valence-electron chi connectivity index (χ4n) is 2.19. The molecule has 24 heavy (non-hydrogen) atoms. The van der Waals surface area contributed by atoms with E-state index in [1.807, 2.05) is 31.2 Å². The van der Waals surface area contributed by atoms with Gasteiger partial charge in [-0.1, -0.05) is 25.1 Å². The quantitative estimate of drug-likeness (QED) is 0.531. The zero-order chi connectivity index (χ0) is 18.1. The molecule has 0 radical (unpaired) electrons. The number of fused-ring (bicyclic) bond motifs is 2. The third-order valence-corrected chi connectivity index (χ3v) is 3.19. The van der Waals surface area contributed by atoms with E-state index in [4.69, 9.17) is 27.7 Å². The minimum atomic E-state index is 0.277. The Morgan fingerprint density at radius 3 is 2.33 bits per heavy atom. The van der Waals surface area contributed by atoms with Gasteiger partial charge in [-0.15, -0.1) is 0 Å². The van der Waals surface area contributed by atoms with Crippen molar-refractivity contribution in [2.45, 2.75) is 19.9 Å². The molecule has 0 spiro atoms. The van der Waals surface area contributed by atoms with Crippen molar-refractivity contribution in [2.24, 2.45) is 11.5 Å². The molecular formula is C17H27N5O2. The van der Waals surface area contributed by atoms with Gasteiger partial charge >= 0.3 is 0 Å². The highest BCUT2D eigenvalue weighted by Crippen LogP contribution is 2.40. The van der Waals surface area contributed by atoms with Gasteiger partial charge in [0.25, 0.3) is 0 Å². The Hall–Kier alpha value is -2.35. The highest BCUT2D eigenvalue weighted by atomic mass is 16.5. The summed E-state index contributed by atoms with van der Waals surface area (Å²) in [5, 5.41) is 0. The first-order valence-corrected chi connectivity index (χ1v) is 7.66. The van der Waals surface area contributed by atoms with Gasteiger partial charge in [0.2, 0.25) is 5.88 Å². The Bertz CT molecular complexity index is 660. The van der Waals surface area contributed by atoms with E-state index in [2.05, 4.69) is 9.72 Å². The van der Waals surface area contributed by atoms with Crippen LogP contribution >= 0.6 is 0 Å². The van der Waals surface area contributed by atoms with Crippen LogP contribution in [0.25, 0.3) is 0 Å². The molecule has 0 bridgehead atoms. The van der Waals surface area contributed by atoms with Gasteiger partial charge in [0.15, 0.2) is 0 Å². The molecular weight excluding hydrogens is 306 g/mol. The number of benzene rings is 1. The summed E-state index contributed by atoms with van der Waals surface area (Å²) in [4.78, 5) is 4.24. The minimum Gasteiger partial charge on any atom is -0.438 e. The van der Waals surface area contributed by atoms with E-state index in [1.54, 1.807) is 14.2 Å². The van der Waals surface area contributed by atoms with E-state index < -0.39 is 0 Å². The Labute approximate surface area is 142 Å². The van der Waals surface area contributed by atoms with Crippen molar-refractivity contribution in [1.82, 2.24) is 4.98 Å². The third kappa shape index (κ3) is 4.58. The molecule has 0 unspecified atom stereocenters. The molecule has 0 saturated heterocycles. The monoisotopic (exact) mass is 333 g/mol. The minimum absolute atomic E-state index is 0.277. The molecule has 2 aromatic rings. The summed E-state index contributed by atoms with van der Waals surface area (Å²) >= 11 is 0. The molecule has 2 heterocycles. The van der Waals surface area contributed by atoms with E-state index in [1.165, 1.54) is 0 Å². The summed E-state index contributed by atoms with van der Waals surface area (Å²) in [6.07, 6.45) is 0.692. The van der Waals surface area contributed by atoms with Crippen LogP contribution in [0.5, 0.6) is 11.6 Å². The molecule has 1 aromatic carbocycles. The van der Waals surface area contributed by atoms with Crippen LogP contribution in [-0.4, -0.2) is 25.7 Å². The number of nitrogens with two attached hydrogens (primary N) is 4. The van der Waals surface area contributed by atoms with Crippen LogP contribution in [0.1, 0.15) is 23.6 Å². The van der Waals surface area contributed by atoms with Gasteiger partial charge in [-0.25, -0.2) is 0 Å². The van der Waals surface area contributed by atoms with Crippen LogP contribution < -0.4 is 27.7 Å². The predicted molar refractivity (Wildman–Crippen MR) is 97.9 cm³/mol. The molecule has 0 fully saturated rings. The highest BCUT2D eigenvalue weighted by Gasteiger charge is 2.23. The van der Waals surface area contributed by atoms with Crippen LogP contribution in [0.4, 0.5) is 11.5 Å². The molecule has 0 amide bonds. The van der Waals surface area contributed by atoms with Crippen molar-refractivity contribution < 1.29 is 9.47 Å². The van der Waals surface area contributed by atoms with Gasteiger partial charge in [-0.05, 0) is 18.2 Å².